The predicted octanol–water partition coefficient (Wildman–Crippen LogP) is 2.46. The lowest BCUT2D eigenvalue weighted by Crippen LogP contribution is -2.50. The molecule has 1 aliphatic heterocycles. The maximum Gasteiger partial charge on any atom is 0.254 e. The second kappa shape index (κ2) is 7.25. The lowest BCUT2D eigenvalue weighted by Gasteiger charge is -2.35. The molecule has 6 heteroatoms. The summed E-state index contributed by atoms with van der Waals surface area (Å²) >= 11 is 0. The Labute approximate surface area is 148 Å². The van der Waals surface area contributed by atoms with E-state index in [9.17, 15) is 9.59 Å². The lowest BCUT2D eigenvalue weighted by atomic mass is 10.1. The van der Waals surface area contributed by atoms with Crippen molar-refractivity contribution in [2.24, 2.45) is 5.92 Å². The van der Waals surface area contributed by atoms with Crippen LogP contribution in [0.5, 0.6) is 0 Å². The van der Waals surface area contributed by atoms with Gasteiger partial charge in [0.1, 0.15) is 5.82 Å². The van der Waals surface area contributed by atoms with E-state index in [2.05, 4.69) is 9.97 Å². The first-order chi connectivity index (χ1) is 12.0. The molecule has 1 aromatic carbocycles. The Morgan fingerprint density at radius 1 is 1.16 bits per heavy atom. The van der Waals surface area contributed by atoms with Gasteiger partial charge in [0.2, 0.25) is 5.91 Å². The topological polar surface area (TPSA) is 69.3 Å². The van der Waals surface area contributed by atoms with E-state index in [1.807, 2.05) is 48.8 Å². The van der Waals surface area contributed by atoms with E-state index in [1.165, 1.54) is 0 Å². The van der Waals surface area contributed by atoms with E-state index in [-0.39, 0.29) is 11.8 Å². The molecular formula is C19H26N4O2. The van der Waals surface area contributed by atoms with Gasteiger partial charge in [0.05, 0.1) is 11.0 Å². The van der Waals surface area contributed by atoms with Crippen LogP contribution in [0.3, 0.4) is 0 Å². The molecule has 0 aliphatic carbocycles. The van der Waals surface area contributed by atoms with Gasteiger partial charge in [-0.25, -0.2) is 4.98 Å². The molecule has 2 heterocycles. The third kappa shape index (κ3) is 3.83. The molecule has 0 spiro atoms. The molecule has 1 saturated heterocycles. The third-order valence-electron chi connectivity index (χ3n) is 4.62. The average molecular weight is 342 g/mol. The normalized spacial score (nSPS) is 15.2. The van der Waals surface area contributed by atoms with Crippen LogP contribution < -0.4 is 0 Å². The standard InChI is InChI=1S/C19H26N4O2/c1-4-17-20-15-6-5-14(12-16(15)21-17)19(25)23-9-7-22(8-10-23)18(24)11-13(2)3/h5-6,12-13H,4,7-11H2,1-3H3,(H,20,21). The average Bonchev–Trinajstić information content (AvgIpc) is 3.03. The number of fused-ring (bicyclic) bond motifs is 1. The fraction of sp³-hybridized carbons (Fsp3) is 0.526. The van der Waals surface area contributed by atoms with Gasteiger partial charge in [-0.05, 0) is 24.1 Å². The number of imidazole rings is 1. The minimum atomic E-state index is 0.0190. The summed E-state index contributed by atoms with van der Waals surface area (Å²) in [6, 6.07) is 5.60. The van der Waals surface area contributed by atoms with Crippen LogP contribution in [0.2, 0.25) is 0 Å². The zero-order chi connectivity index (χ0) is 18.0. The lowest BCUT2D eigenvalue weighted by molar-refractivity contribution is -0.133. The number of aromatic nitrogens is 2. The molecule has 0 radical (unpaired) electrons. The monoisotopic (exact) mass is 342 g/mol. The number of hydrogen-bond acceptors (Lipinski definition) is 3. The highest BCUT2D eigenvalue weighted by molar-refractivity contribution is 5.97. The van der Waals surface area contributed by atoms with E-state index in [4.69, 9.17) is 0 Å². The minimum absolute atomic E-state index is 0.0190. The first-order valence-electron chi connectivity index (χ1n) is 9.03. The summed E-state index contributed by atoms with van der Waals surface area (Å²) < 4.78 is 0. The molecule has 0 bridgehead atoms. The number of H-pyrrole nitrogens is 1. The molecular weight excluding hydrogens is 316 g/mol. The van der Waals surface area contributed by atoms with Gasteiger partial charge in [0.25, 0.3) is 5.91 Å². The smallest absolute Gasteiger partial charge is 0.254 e. The Bertz CT molecular complexity index is 773. The van der Waals surface area contributed by atoms with Crippen molar-refractivity contribution in [3.8, 4) is 0 Å². The van der Waals surface area contributed by atoms with Crippen LogP contribution in [-0.4, -0.2) is 57.8 Å². The minimum Gasteiger partial charge on any atom is -0.342 e. The number of carbonyl (C=O) groups excluding carboxylic acids is 2. The van der Waals surface area contributed by atoms with Crippen LogP contribution in [0.25, 0.3) is 11.0 Å². The molecule has 2 aromatic rings. The third-order valence-corrected chi connectivity index (χ3v) is 4.62. The van der Waals surface area contributed by atoms with Gasteiger partial charge in [-0.15, -0.1) is 0 Å². The highest BCUT2D eigenvalue weighted by atomic mass is 16.2. The molecule has 25 heavy (non-hydrogen) atoms. The van der Waals surface area contributed by atoms with Crippen LogP contribution >= 0.6 is 0 Å². The number of nitrogens with zero attached hydrogens (tertiary/aromatic N) is 3. The summed E-state index contributed by atoms with van der Waals surface area (Å²) in [6.45, 7) is 8.55. The summed E-state index contributed by atoms with van der Waals surface area (Å²) in [5, 5.41) is 0. The van der Waals surface area contributed by atoms with E-state index >= 15 is 0 Å². The van der Waals surface area contributed by atoms with Crippen molar-refractivity contribution in [2.45, 2.75) is 33.6 Å². The first kappa shape index (κ1) is 17.5. The number of benzene rings is 1. The van der Waals surface area contributed by atoms with Gasteiger partial charge in [-0.3, -0.25) is 9.59 Å². The summed E-state index contributed by atoms with van der Waals surface area (Å²) in [5.41, 5.74) is 2.45. The summed E-state index contributed by atoms with van der Waals surface area (Å²) in [4.78, 5) is 36.3. The second-order valence-corrected chi connectivity index (χ2v) is 7.04. The van der Waals surface area contributed by atoms with E-state index < -0.39 is 0 Å². The van der Waals surface area contributed by atoms with Crippen LogP contribution in [-0.2, 0) is 11.2 Å². The van der Waals surface area contributed by atoms with Crippen molar-refractivity contribution >= 4 is 22.8 Å². The van der Waals surface area contributed by atoms with E-state index in [0.29, 0.717) is 44.1 Å². The fourth-order valence-corrected chi connectivity index (χ4v) is 3.18. The van der Waals surface area contributed by atoms with Crippen molar-refractivity contribution in [2.75, 3.05) is 26.2 Å². The molecule has 0 saturated carbocycles. The maximum absolute atomic E-state index is 12.8. The fourth-order valence-electron chi connectivity index (χ4n) is 3.18. The van der Waals surface area contributed by atoms with Crippen LogP contribution in [0.1, 0.15) is 43.4 Å². The molecule has 0 atom stereocenters. The Morgan fingerprint density at radius 3 is 2.48 bits per heavy atom. The Balaban J connectivity index is 1.65. The zero-order valence-corrected chi connectivity index (χ0v) is 15.2. The molecule has 1 aliphatic rings. The number of piperazine rings is 1. The van der Waals surface area contributed by atoms with Crippen molar-refractivity contribution in [1.29, 1.82) is 0 Å². The summed E-state index contributed by atoms with van der Waals surface area (Å²) in [6.07, 6.45) is 1.41. The first-order valence-corrected chi connectivity index (χ1v) is 9.03. The van der Waals surface area contributed by atoms with Gasteiger partial charge in [0.15, 0.2) is 0 Å². The van der Waals surface area contributed by atoms with Crippen molar-refractivity contribution < 1.29 is 9.59 Å². The molecule has 6 nitrogen and oxygen atoms in total. The van der Waals surface area contributed by atoms with Gasteiger partial charge in [-0.2, -0.15) is 0 Å². The van der Waals surface area contributed by atoms with Crippen molar-refractivity contribution in [3.63, 3.8) is 0 Å². The summed E-state index contributed by atoms with van der Waals surface area (Å²) in [5.74, 6) is 1.50. The van der Waals surface area contributed by atoms with Crippen molar-refractivity contribution in [3.05, 3.63) is 29.6 Å². The zero-order valence-electron chi connectivity index (χ0n) is 15.2. The van der Waals surface area contributed by atoms with Crippen molar-refractivity contribution in [1.82, 2.24) is 19.8 Å². The molecule has 3 rings (SSSR count). The Morgan fingerprint density at radius 2 is 1.84 bits per heavy atom. The highest BCUT2D eigenvalue weighted by Gasteiger charge is 2.25. The van der Waals surface area contributed by atoms with Gasteiger partial charge in [-0.1, -0.05) is 20.8 Å². The Kier molecular flexibility index (Phi) is 5.06. The highest BCUT2D eigenvalue weighted by Crippen LogP contribution is 2.17. The second-order valence-electron chi connectivity index (χ2n) is 7.04. The quantitative estimate of drug-likeness (QED) is 0.928. The van der Waals surface area contributed by atoms with Crippen LogP contribution in [0.15, 0.2) is 18.2 Å². The number of amides is 2. The van der Waals surface area contributed by atoms with Crippen LogP contribution in [0, 0.1) is 5.92 Å². The number of hydrogen-bond donors (Lipinski definition) is 1. The number of carbonyl (C=O) groups is 2. The van der Waals surface area contributed by atoms with Gasteiger partial charge < -0.3 is 14.8 Å². The van der Waals surface area contributed by atoms with Crippen LogP contribution in [0.4, 0.5) is 0 Å². The number of rotatable bonds is 4. The van der Waals surface area contributed by atoms with Gasteiger partial charge in [0, 0.05) is 44.6 Å². The SMILES string of the molecule is CCc1nc2ccc(C(=O)N3CCN(C(=O)CC(C)C)CC3)cc2[nH]1. The number of nitrogens with one attached hydrogen (secondary N) is 1. The molecule has 134 valence electrons. The Hall–Kier alpha value is -2.37. The maximum atomic E-state index is 12.8. The number of aromatic amines is 1. The van der Waals surface area contributed by atoms with E-state index in [0.717, 1.165) is 23.3 Å². The molecule has 1 fully saturated rings. The van der Waals surface area contributed by atoms with E-state index in [1.54, 1.807) is 0 Å². The summed E-state index contributed by atoms with van der Waals surface area (Å²) in [7, 11) is 0. The molecule has 1 aromatic heterocycles. The van der Waals surface area contributed by atoms with Gasteiger partial charge >= 0.3 is 0 Å². The predicted molar refractivity (Wildman–Crippen MR) is 97.4 cm³/mol. The largest absolute Gasteiger partial charge is 0.342 e. The number of aryl methyl sites for hydroxylation is 1. The molecule has 2 amide bonds. The molecule has 1 N–H and O–H groups in total. The molecule has 0 unspecified atom stereocenters.